The first kappa shape index (κ1) is 24.0. The third-order valence-corrected chi connectivity index (χ3v) is 5.12. The van der Waals surface area contributed by atoms with Crippen molar-refractivity contribution < 1.29 is 31.5 Å². The molecule has 1 heterocycles. The number of halogens is 5. The number of nitrogens with zero attached hydrogens (tertiary/aromatic N) is 1. The number of hydrogen-bond donors (Lipinski definition) is 3. The normalized spacial score (nSPS) is 19.0. The average Bonchev–Trinajstić information content (AvgIpc) is 2.65. The number of aromatic nitrogens is 1. The summed E-state index contributed by atoms with van der Waals surface area (Å²) in [5.41, 5.74) is 6.45. The van der Waals surface area contributed by atoms with Crippen molar-refractivity contribution in [2.75, 3.05) is 5.32 Å². The minimum atomic E-state index is -4.41. The number of carbonyl (C=O) groups is 2. The Hall–Kier alpha value is -2.30. The Balaban J connectivity index is 1.91. The van der Waals surface area contributed by atoms with Crippen molar-refractivity contribution in [3.8, 4) is 0 Å². The molecule has 11 heteroatoms. The fourth-order valence-electron chi connectivity index (χ4n) is 3.28. The lowest BCUT2D eigenvalue weighted by Gasteiger charge is -2.31. The molecule has 2 rings (SSSR count). The standard InChI is InChI=1S/C19H25F5N4O2/c1-11(27-15(29)4-8-19(22,23)24)13-5-9-26-14(10-13)28-17(30)16(25)12-2-6-18(20,21)7-3-12/h5,9-12,16H,2-4,6-8,25H2,1H3,(H,27,29)(H,26,28,30)/t11-,16+/m1/s1. The highest BCUT2D eigenvalue weighted by Gasteiger charge is 2.38. The van der Waals surface area contributed by atoms with Crippen molar-refractivity contribution in [3.63, 3.8) is 0 Å². The number of nitrogens with two attached hydrogens (primary N) is 1. The van der Waals surface area contributed by atoms with Crippen molar-refractivity contribution in [2.45, 2.75) is 69.6 Å². The number of anilines is 1. The number of rotatable bonds is 7. The molecule has 0 unspecified atom stereocenters. The Kier molecular flexibility index (Phi) is 7.73. The topological polar surface area (TPSA) is 97.1 Å². The molecule has 1 aromatic rings. The Morgan fingerprint density at radius 2 is 1.93 bits per heavy atom. The van der Waals surface area contributed by atoms with Crippen molar-refractivity contribution >= 4 is 17.6 Å². The second kappa shape index (κ2) is 9.67. The number of hydrogen-bond acceptors (Lipinski definition) is 4. The van der Waals surface area contributed by atoms with Crippen LogP contribution in [0.3, 0.4) is 0 Å². The second-order valence-electron chi connectivity index (χ2n) is 7.59. The van der Waals surface area contributed by atoms with Crippen molar-refractivity contribution in [1.29, 1.82) is 0 Å². The van der Waals surface area contributed by atoms with Gasteiger partial charge in [0.15, 0.2) is 0 Å². The maximum atomic E-state index is 13.3. The lowest BCUT2D eigenvalue weighted by molar-refractivity contribution is -0.144. The third-order valence-electron chi connectivity index (χ3n) is 5.12. The fourth-order valence-corrected chi connectivity index (χ4v) is 3.28. The van der Waals surface area contributed by atoms with Gasteiger partial charge in [0, 0.05) is 25.5 Å². The maximum absolute atomic E-state index is 13.3. The van der Waals surface area contributed by atoms with Crippen LogP contribution < -0.4 is 16.4 Å². The fraction of sp³-hybridized carbons (Fsp3) is 0.632. The number of pyridine rings is 1. The number of carbonyl (C=O) groups excluding carboxylic acids is 2. The molecule has 0 spiro atoms. The van der Waals surface area contributed by atoms with Crippen molar-refractivity contribution in [3.05, 3.63) is 23.9 Å². The van der Waals surface area contributed by atoms with E-state index < -0.39 is 48.8 Å². The lowest BCUT2D eigenvalue weighted by atomic mass is 9.82. The van der Waals surface area contributed by atoms with Crippen LogP contribution in [0.5, 0.6) is 0 Å². The summed E-state index contributed by atoms with van der Waals surface area (Å²) in [6.07, 6.45) is -5.26. The zero-order valence-electron chi connectivity index (χ0n) is 16.4. The van der Waals surface area contributed by atoms with E-state index in [1.807, 2.05) is 0 Å². The molecule has 1 fully saturated rings. The van der Waals surface area contributed by atoms with E-state index in [1.165, 1.54) is 12.3 Å². The summed E-state index contributed by atoms with van der Waals surface area (Å²) >= 11 is 0. The molecular formula is C19H25F5N4O2. The van der Waals surface area contributed by atoms with Crippen LogP contribution in [0.4, 0.5) is 27.8 Å². The predicted molar refractivity (Wildman–Crippen MR) is 99.6 cm³/mol. The molecule has 0 aliphatic heterocycles. The van der Waals surface area contributed by atoms with Gasteiger partial charge in [-0.3, -0.25) is 9.59 Å². The first-order chi connectivity index (χ1) is 13.9. The molecule has 0 radical (unpaired) electrons. The minimum Gasteiger partial charge on any atom is -0.350 e. The number of alkyl halides is 5. The van der Waals surface area contributed by atoms with Gasteiger partial charge >= 0.3 is 6.18 Å². The van der Waals surface area contributed by atoms with Crippen molar-refractivity contribution in [1.82, 2.24) is 10.3 Å². The Labute approximate surface area is 170 Å². The van der Waals surface area contributed by atoms with Gasteiger partial charge in [-0.1, -0.05) is 0 Å². The molecule has 1 saturated carbocycles. The summed E-state index contributed by atoms with van der Waals surface area (Å²) in [4.78, 5) is 28.0. The molecule has 30 heavy (non-hydrogen) atoms. The number of amides is 2. The van der Waals surface area contributed by atoms with Gasteiger partial charge < -0.3 is 16.4 Å². The summed E-state index contributed by atoms with van der Waals surface area (Å²) in [5, 5.41) is 4.99. The Bertz CT molecular complexity index is 747. The van der Waals surface area contributed by atoms with Crippen molar-refractivity contribution in [2.24, 2.45) is 11.7 Å². The SMILES string of the molecule is C[C@@H](NC(=O)CCC(F)(F)F)c1ccnc(NC(=O)[C@@H](N)C2CCC(F)(F)CC2)c1. The second-order valence-corrected chi connectivity index (χ2v) is 7.59. The third kappa shape index (κ3) is 7.51. The molecule has 4 N–H and O–H groups in total. The first-order valence-electron chi connectivity index (χ1n) is 9.63. The van der Waals surface area contributed by atoms with Crippen LogP contribution in [0.15, 0.2) is 18.3 Å². The average molecular weight is 436 g/mol. The monoisotopic (exact) mass is 436 g/mol. The minimum absolute atomic E-state index is 0.144. The largest absolute Gasteiger partial charge is 0.389 e. The molecule has 1 aromatic heterocycles. The molecule has 168 valence electrons. The van der Waals surface area contributed by atoms with E-state index in [1.54, 1.807) is 13.0 Å². The van der Waals surface area contributed by atoms with E-state index in [-0.39, 0.29) is 37.4 Å². The first-order valence-corrected chi connectivity index (χ1v) is 9.63. The van der Waals surface area contributed by atoms with Crippen LogP contribution in [0.1, 0.15) is 57.1 Å². The summed E-state index contributed by atoms with van der Waals surface area (Å²) < 4.78 is 63.2. The molecule has 2 atom stereocenters. The molecule has 2 amide bonds. The molecule has 1 aliphatic rings. The zero-order chi connectivity index (χ0) is 22.5. The molecule has 0 saturated heterocycles. The van der Waals surface area contributed by atoms with E-state index in [0.29, 0.717) is 5.56 Å². The van der Waals surface area contributed by atoms with E-state index in [4.69, 9.17) is 5.73 Å². The molecule has 0 bridgehead atoms. The summed E-state index contributed by atoms with van der Waals surface area (Å²) in [6, 6.07) is 1.44. The van der Waals surface area contributed by atoms with Gasteiger partial charge in [-0.25, -0.2) is 13.8 Å². The zero-order valence-corrected chi connectivity index (χ0v) is 16.4. The van der Waals surface area contributed by atoms with Crippen LogP contribution in [-0.2, 0) is 9.59 Å². The molecular weight excluding hydrogens is 411 g/mol. The van der Waals surface area contributed by atoms with Gasteiger partial charge in [-0.2, -0.15) is 13.2 Å². The quantitative estimate of drug-likeness (QED) is 0.568. The highest BCUT2D eigenvalue weighted by molar-refractivity contribution is 5.94. The maximum Gasteiger partial charge on any atom is 0.389 e. The van der Waals surface area contributed by atoms with Gasteiger partial charge in [-0.05, 0) is 43.4 Å². The summed E-state index contributed by atoms with van der Waals surface area (Å²) in [5.74, 6) is -4.25. The van der Waals surface area contributed by atoms with Crippen LogP contribution in [-0.4, -0.2) is 34.9 Å². The van der Waals surface area contributed by atoms with Gasteiger partial charge in [0.1, 0.15) is 5.82 Å². The molecule has 0 aromatic carbocycles. The molecule has 6 nitrogen and oxygen atoms in total. The lowest BCUT2D eigenvalue weighted by Crippen LogP contribution is -2.44. The van der Waals surface area contributed by atoms with Gasteiger partial charge in [0.05, 0.1) is 18.5 Å². The van der Waals surface area contributed by atoms with E-state index in [2.05, 4.69) is 15.6 Å². The van der Waals surface area contributed by atoms with Crippen LogP contribution in [0.2, 0.25) is 0 Å². The van der Waals surface area contributed by atoms with E-state index in [0.717, 1.165) is 0 Å². The number of nitrogens with one attached hydrogen (secondary N) is 2. The van der Waals surface area contributed by atoms with Gasteiger partial charge in [0.25, 0.3) is 0 Å². The van der Waals surface area contributed by atoms with Gasteiger partial charge in [-0.15, -0.1) is 0 Å². The van der Waals surface area contributed by atoms with Gasteiger partial charge in [0.2, 0.25) is 17.7 Å². The smallest absolute Gasteiger partial charge is 0.350 e. The molecule has 1 aliphatic carbocycles. The van der Waals surface area contributed by atoms with Crippen LogP contribution >= 0.6 is 0 Å². The highest BCUT2D eigenvalue weighted by atomic mass is 19.4. The van der Waals surface area contributed by atoms with E-state index >= 15 is 0 Å². The van der Waals surface area contributed by atoms with E-state index in [9.17, 15) is 31.5 Å². The summed E-state index contributed by atoms with van der Waals surface area (Å²) in [6.45, 7) is 1.58. The summed E-state index contributed by atoms with van der Waals surface area (Å²) in [7, 11) is 0. The van der Waals surface area contributed by atoms with Crippen LogP contribution in [0.25, 0.3) is 0 Å². The Morgan fingerprint density at radius 1 is 1.30 bits per heavy atom. The predicted octanol–water partition coefficient (Wildman–Crippen LogP) is 3.69. The Morgan fingerprint density at radius 3 is 2.53 bits per heavy atom. The highest BCUT2D eigenvalue weighted by Crippen LogP contribution is 2.37. The van der Waals surface area contributed by atoms with Crippen LogP contribution in [0, 0.1) is 5.92 Å².